The fraction of sp³-hybridized carbons (Fsp3) is 0.321. The molecule has 1 N–H and O–H groups in total. The Labute approximate surface area is 208 Å². The number of benzene rings is 3. The van der Waals surface area contributed by atoms with Crippen LogP contribution in [0.3, 0.4) is 0 Å². The molecule has 0 bridgehead atoms. The molecule has 0 spiro atoms. The summed E-state index contributed by atoms with van der Waals surface area (Å²) in [6.07, 6.45) is 0.0555. The lowest BCUT2D eigenvalue weighted by atomic mass is 9.89. The third-order valence-corrected chi connectivity index (χ3v) is 9.08. The molecule has 0 unspecified atom stereocenters. The molecule has 5 heteroatoms. The highest BCUT2D eigenvalue weighted by Crippen LogP contribution is 2.47. The van der Waals surface area contributed by atoms with E-state index in [1.54, 1.807) is 0 Å². The first-order chi connectivity index (χ1) is 15.8. The molecule has 1 heterocycles. The van der Waals surface area contributed by atoms with Gasteiger partial charge in [0, 0.05) is 21.3 Å². The number of aryl methyl sites for hydroxylation is 3. The maximum atomic E-state index is 11.4. The predicted octanol–water partition coefficient (Wildman–Crippen LogP) is 7.88. The Kier molecular flexibility index (Phi) is 6.94. The van der Waals surface area contributed by atoms with E-state index < -0.39 is 5.97 Å². The summed E-state index contributed by atoms with van der Waals surface area (Å²) >= 11 is 5.82. The molecule has 0 aliphatic heterocycles. The largest absolute Gasteiger partial charge is 0.481 e. The van der Waals surface area contributed by atoms with E-state index in [1.807, 2.05) is 25.2 Å². The average molecular weight is 525 g/mol. The minimum absolute atomic E-state index is 0.0555. The first kappa shape index (κ1) is 23.9. The summed E-state index contributed by atoms with van der Waals surface area (Å²) < 4.78 is 2.44. The fourth-order valence-corrected chi connectivity index (χ4v) is 6.93. The summed E-state index contributed by atoms with van der Waals surface area (Å²) in [5, 5.41) is 13.1. The van der Waals surface area contributed by atoms with Crippen molar-refractivity contribution in [2.45, 2.75) is 47.6 Å². The topological polar surface area (TPSA) is 40.5 Å². The van der Waals surface area contributed by atoms with Crippen molar-refractivity contribution in [2.75, 3.05) is 13.1 Å². The van der Waals surface area contributed by atoms with Crippen LogP contribution in [-0.4, -0.2) is 29.1 Å². The molecule has 172 valence electrons. The summed E-state index contributed by atoms with van der Waals surface area (Å²) in [5.41, 5.74) is 6.72. The van der Waals surface area contributed by atoms with Gasteiger partial charge >= 0.3 is 5.97 Å². The van der Waals surface area contributed by atoms with Crippen molar-refractivity contribution < 1.29 is 9.90 Å². The van der Waals surface area contributed by atoms with Gasteiger partial charge in [-0.1, -0.05) is 50.2 Å². The lowest BCUT2D eigenvalue weighted by Crippen LogP contribution is -2.21. The number of hydrogen-bond acceptors (Lipinski definition) is 3. The van der Waals surface area contributed by atoms with Gasteiger partial charge in [-0.2, -0.15) is 0 Å². The van der Waals surface area contributed by atoms with Crippen LogP contribution in [0.2, 0.25) is 0 Å². The normalized spacial score (nSPS) is 11.7. The first-order valence-electron chi connectivity index (χ1n) is 11.4. The molecule has 0 aliphatic carbocycles. The second kappa shape index (κ2) is 9.57. The minimum atomic E-state index is -0.792. The van der Waals surface area contributed by atoms with Gasteiger partial charge in [0.15, 0.2) is 0 Å². The van der Waals surface area contributed by atoms with E-state index >= 15 is 0 Å². The lowest BCUT2D eigenvalue weighted by Gasteiger charge is -2.18. The van der Waals surface area contributed by atoms with E-state index in [2.05, 4.69) is 78.0 Å². The quantitative estimate of drug-likeness (QED) is 0.267. The molecule has 1 aromatic heterocycles. The highest BCUT2D eigenvalue weighted by Gasteiger charge is 2.22. The number of hydrogen-bond donors (Lipinski definition) is 1. The third kappa shape index (κ3) is 4.34. The highest BCUT2D eigenvalue weighted by atomic mass is 79.9. The van der Waals surface area contributed by atoms with Crippen LogP contribution in [0.15, 0.2) is 40.9 Å². The molecule has 0 fully saturated rings. The van der Waals surface area contributed by atoms with E-state index in [1.165, 1.54) is 36.9 Å². The number of carboxylic acid groups (broad SMARTS) is 1. The van der Waals surface area contributed by atoms with Crippen LogP contribution in [0.4, 0.5) is 0 Å². The molecule has 0 saturated heterocycles. The smallest absolute Gasteiger partial charge is 0.307 e. The molecular weight excluding hydrogens is 494 g/mol. The Bertz CT molecular complexity index is 1340. The van der Waals surface area contributed by atoms with Crippen LogP contribution < -0.4 is 0 Å². The highest BCUT2D eigenvalue weighted by molar-refractivity contribution is 9.11. The molecule has 0 saturated carbocycles. The average Bonchev–Trinajstić information content (AvgIpc) is 3.11. The number of carboxylic acids is 1. The number of rotatable bonds is 7. The van der Waals surface area contributed by atoms with Crippen LogP contribution in [0.25, 0.3) is 32.0 Å². The minimum Gasteiger partial charge on any atom is -0.481 e. The SMILES string of the molecule is CCN(CC)Cc1sc2c(Br)c3ccccc3c(-c3cc(C)c(CC(=O)O)c(C)c3)c2c1C. The first-order valence-corrected chi connectivity index (χ1v) is 13.0. The van der Waals surface area contributed by atoms with Gasteiger partial charge in [0.05, 0.1) is 11.1 Å². The number of nitrogens with zero attached hydrogens (tertiary/aromatic N) is 1. The second-order valence-corrected chi connectivity index (χ2v) is 10.6. The van der Waals surface area contributed by atoms with Crippen LogP contribution in [0.5, 0.6) is 0 Å². The molecule has 33 heavy (non-hydrogen) atoms. The fourth-order valence-electron chi connectivity index (χ4n) is 4.83. The van der Waals surface area contributed by atoms with Crippen LogP contribution >= 0.6 is 27.3 Å². The molecule has 4 rings (SSSR count). The number of halogens is 1. The molecular formula is C28H30BrNO2S. The number of aliphatic carboxylic acids is 1. The maximum absolute atomic E-state index is 11.4. The van der Waals surface area contributed by atoms with Crippen molar-refractivity contribution in [3.8, 4) is 11.1 Å². The Morgan fingerprint density at radius 1 is 1.03 bits per heavy atom. The van der Waals surface area contributed by atoms with Gasteiger partial charge in [0.1, 0.15) is 0 Å². The van der Waals surface area contributed by atoms with E-state index in [0.29, 0.717) is 0 Å². The van der Waals surface area contributed by atoms with E-state index in [9.17, 15) is 9.90 Å². The summed E-state index contributed by atoms with van der Waals surface area (Å²) in [6.45, 7) is 13.8. The Hall–Kier alpha value is -2.21. The van der Waals surface area contributed by atoms with E-state index in [-0.39, 0.29) is 6.42 Å². The molecule has 3 nitrogen and oxygen atoms in total. The summed E-state index contributed by atoms with van der Waals surface area (Å²) in [7, 11) is 0. The van der Waals surface area contributed by atoms with E-state index in [0.717, 1.165) is 46.4 Å². The maximum Gasteiger partial charge on any atom is 0.307 e. The molecule has 0 amide bonds. The number of carbonyl (C=O) groups is 1. The third-order valence-electron chi connectivity index (χ3n) is 6.70. The van der Waals surface area contributed by atoms with Crippen LogP contribution in [-0.2, 0) is 17.8 Å². The van der Waals surface area contributed by atoms with Gasteiger partial charge in [-0.3, -0.25) is 9.69 Å². The van der Waals surface area contributed by atoms with Gasteiger partial charge < -0.3 is 5.11 Å². The Balaban J connectivity index is 2.05. The van der Waals surface area contributed by atoms with Crippen molar-refractivity contribution in [3.05, 3.63) is 68.0 Å². The second-order valence-electron chi connectivity index (χ2n) is 8.71. The van der Waals surface area contributed by atoms with Gasteiger partial charge in [-0.05, 0) is 93.9 Å². The zero-order valence-corrected chi connectivity index (χ0v) is 22.3. The predicted molar refractivity (Wildman–Crippen MR) is 145 cm³/mol. The van der Waals surface area contributed by atoms with Crippen molar-refractivity contribution in [1.29, 1.82) is 0 Å². The zero-order chi connectivity index (χ0) is 23.9. The van der Waals surface area contributed by atoms with Gasteiger partial charge in [-0.25, -0.2) is 0 Å². The van der Waals surface area contributed by atoms with Crippen molar-refractivity contribution in [2.24, 2.45) is 0 Å². The van der Waals surface area contributed by atoms with Gasteiger partial charge in [0.25, 0.3) is 0 Å². The summed E-state index contributed by atoms with van der Waals surface area (Å²) in [5.74, 6) is -0.792. The standard InChI is InChI=1S/C28H30BrNO2S/c1-6-30(7-2)15-23-18(5)25-26(19-12-16(3)22(14-24(31)32)17(4)13-19)20-10-8-9-11-21(20)27(29)28(25)33-23/h8-13H,6-7,14-15H2,1-5H3,(H,31,32). The zero-order valence-electron chi connectivity index (χ0n) is 19.9. The monoisotopic (exact) mass is 523 g/mol. The van der Waals surface area contributed by atoms with Gasteiger partial charge in [0.2, 0.25) is 0 Å². The number of thiophene rings is 1. The summed E-state index contributed by atoms with van der Waals surface area (Å²) in [6, 6.07) is 12.9. The van der Waals surface area contributed by atoms with Crippen molar-refractivity contribution >= 4 is 54.1 Å². The Morgan fingerprint density at radius 3 is 2.21 bits per heavy atom. The molecule has 3 aromatic carbocycles. The Morgan fingerprint density at radius 2 is 1.64 bits per heavy atom. The summed E-state index contributed by atoms with van der Waals surface area (Å²) in [4.78, 5) is 15.3. The lowest BCUT2D eigenvalue weighted by molar-refractivity contribution is -0.136. The van der Waals surface area contributed by atoms with Gasteiger partial charge in [-0.15, -0.1) is 11.3 Å². The van der Waals surface area contributed by atoms with Crippen LogP contribution in [0, 0.1) is 20.8 Å². The molecule has 0 aliphatic rings. The van der Waals surface area contributed by atoms with Crippen molar-refractivity contribution in [1.82, 2.24) is 4.90 Å². The van der Waals surface area contributed by atoms with E-state index in [4.69, 9.17) is 0 Å². The number of fused-ring (bicyclic) bond motifs is 2. The van der Waals surface area contributed by atoms with Crippen molar-refractivity contribution in [3.63, 3.8) is 0 Å². The molecule has 0 atom stereocenters. The molecule has 4 aromatic rings. The molecule has 0 radical (unpaired) electrons. The van der Waals surface area contributed by atoms with Crippen LogP contribution in [0.1, 0.15) is 41.0 Å².